The van der Waals surface area contributed by atoms with Gasteiger partial charge in [0.25, 0.3) is 5.91 Å². The molecule has 2 amide bonds. The Balaban J connectivity index is 1.89. The van der Waals surface area contributed by atoms with Gasteiger partial charge in [0.2, 0.25) is 5.91 Å². The fourth-order valence-corrected chi connectivity index (χ4v) is 2.91. The molecule has 2 aromatic carbocycles. The van der Waals surface area contributed by atoms with Gasteiger partial charge in [-0.3, -0.25) is 14.5 Å². The van der Waals surface area contributed by atoms with Crippen molar-refractivity contribution in [1.82, 2.24) is 9.80 Å². The molecule has 0 saturated heterocycles. The molecule has 0 radical (unpaired) electrons. The molecule has 2 rings (SSSR count). The monoisotopic (exact) mass is 437 g/mol. The lowest BCUT2D eigenvalue weighted by atomic mass is 10.1. The average Bonchev–Trinajstić information content (AvgIpc) is 2.72. The number of halogens is 3. The van der Waals surface area contributed by atoms with E-state index in [0.717, 1.165) is 37.3 Å². The van der Waals surface area contributed by atoms with Crippen molar-refractivity contribution < 1.29 is 27.5 Å². The number of carbonyl (C=O) groups is 2. The highest BCUT2D eigenvalue weighted by atomic mass is 19.4. The van der Waals surface area contributed by atoms with Gasteiger partial charge in [0.15, 0.2) is 0 Å². The second-order valence-electron chi connectivity index (χ2n) is 6.94. The number of nitrogens with zero attached hydrogens (tertiary/aromatic N) is 2. The summed E-state index contributed by atoms with van der Waals surface area (Å²) in [4.78, 5) is 28.3. The van der Waals surface area contributed by atoms with Crippen molar-refractivity contribution in [2.75, 3.05) is 32.0 Å². The maximum Gasteiger partial charge on any atom is 0.573 e. The Morgan fingerprint density at radius 2 is 1.55 bits per heavy atom. The second-order valence-corrected chi connectivity index (χ2v) is 6.94. The predicted molar refractivity (Wildman–Crippen MR) is 112 cm³/mol. The molecule has 168 valence electrons. The quantitative estimate of drug-likeness (QED) is 0.641. The highest BCUT2D eigenvalue weighted by Gasteiger charge is 2.31. The fraction of sp³-hybridized carbons (Fsp3) is 0.364. The van der Waals surface area contributed by atoms with Crippen molar-refractivity contribution >= 4 is 17.5 Å². The number of hydrogen-bond donors (Lipinski definition) is 1. The van der Waals surface area contributed by atoms with Crippen LogP contribution in [-0.2, 0) is 11.3 Å². The first-order valence-corrected chi connectivity index (χ1v) is 9.83. The van der Waals surface area contributed by atoms with Gasteiger partial charge in [0.1, 0.15) is 5.75 Å². The van der Waals surface area contributed by atoms with Crippen molar-refractivity contribution in [2.24, 2.45) is 0 Å². The van der Waals surface area contributed by atoms with Crippen molar-refractivity contribution in [1.29, 1.82) is 0 Å². The van der Waals surface area contributed by atoms with Gasteiger partial charge in [0, 0.05) is 24.8 Å². The zero-order chi connectivity index (χ0) is 23.0. The minimum atomic E-state index is -4.78. The van der Waals surface area contributed by atoms with E-state index < -0.39 is 12.3 Å². The predicted octanol–water partition coefficient (Wildman–Crippen LogP) is 4.14. The first-order valence-electron chi connectivity index (χ1n) is 9.83. The van der Waals surface area contributed by atoms with Gasteiger partial charge in [-0.1, -0.05) is 26.0 Å². The minimum absolute atomic E-state index is 0.208. The Morgan fingerprint density at radius 1 is 0.968 bits per heavy atom. The first kappa shape index (κ1) is 24.2. The number of benzene rings is 2. The van der Waals surface area contributed by atoms with Crippen LogP contribution >= 0.6 is 0 Å². The molecule has 0 aliphatic heterocycles. The van der Waals surface area contributed by atoms with E-state index in [1.165, 1.54) is 24.1 Å². The van der Waals surface area contributed by atoms with Crippen LogP contribution in [0.1, 0.15) is 29.8 Å². The number of rotatable bonds is 9. The summed E-state index contributed by atoms with van der Waals surface area (Å²) in [5, 5.41) is 2.54. The lowest BCUT2D eigenvalue weighted by Gasteiger charge is -2.19. The maximum absolute atomic E-state index is 12.6. The van der Waals surface area contributed by atoms with Crippen molar-refractivity contribution in [3.63, 3.8) is 0 Å². The molecule has 1 N–H and O–H groups in total. The third kappa shape index (κ3) is 7.93. The van der Waals surface area contributed by atoms with Crippen LogP contribution in [-0.4, -0.2) is 54.7 Å². The molecule has 0 aromatic heterocycles. The van der Waals surface area contributed by atoms with Crippen molar-refractivity contribution in [2.45, 2.75) is 26.8 Å². The van der Waals surface area contributed by atoms with Gasteiger partial charge in [-0.15, -0.1) is 13.2 Å². The smallest absolute Gasteiger partial charge is 0.406 e. The van der Waals surface area contributed by atoms with E-state index in [2.05, 4.69) is 28.8 Å². The Kier molecular flexibility index (Phi) is 8.44. The van der Waals surface area contributed by atoms with E-state index in [1.807, 2.05) is 12.1 Å². The van der Waals surface area contributed by atoms with E-state index in [0.29, 0.717) is 11.3 Å². The van der Waals surface area contributed by atoms with Gasteiger partial charge in [-0.05, 0) is 55.1 Å². The third-order valence-corrected chi connectivity index (χ3v) is 4.60. The van der Waals surface area contributed by atoms with Crippen LogP contribution in [0, 0.1) is 0 Å². The SMILES string of the molecule is CCN(CC)Cc1ccc(C(=O)N(C)CC(=O)Nc2ccc(OC(F)(F)F)cc2)cc1. The summed E-state index contributed by atoms with van der Waals surface area (Å²) < 4.78 is 40.4. The molecule has 31 heavy (non-hydrogen) atoms. The topological polar surface area (TPSA) is 61.9 Å². The van der Waals surface area contributed by atoms with E-state index in [-0.39, 0.29) is 18.2 Å². The van der Waals surface area contributed by atoms with Crippen LogP contribution in [0.15, 0.2) is 48.5 Å². The summed E-state index contributed by atoms with van der Waals surface area (Å²) in [6.07, 6.45) is -4.78. The molecule has 0 spiro atoms. The lowest BCUT2D eigenvalue weighted by molar-refractivity contribution is -0.274. The summed E-state index contributed by atoms with van der Waals surface area (Å²) >= 11 is 0. The number of amides is 2. The van der Waals surface area contributed by atoms with Crippen LogP contribution in [0.4, 0.5) is 18.9 Å². The highest BCUT2D eigenvalue weighted by molar-refractivity contribution is 5.99. The molecular formula is C22H26F3N3O3. The van der Waals surface area contributed by atoms with Crippen LogP contribution in [0.3, 0.4) is 0 Å². The minimum Gasteiger partial charge on any atom is -0.406 e. The van der Waals surface area contributed by atoms with E-state index >= 15 is 0 Å². The second kappa shape index (κ2) is 10.8. The Morgan fingerprint density at radius 3 is 2.06 bits per heavy atom. The fourth-order valence-electron chi connectivity index (χ4n) is 2.91. The van der Waals surface area contributed by atoms with E-state index in [9.17, 15) is 22.8 Å². The lowest BCUT2D eigenvalue weighted by Crippen LogP contribution is -2.34. The molecule has 2 aromatic rings. The normalized spacial score (nSPS) is 11.3. The molecule has 0 aliphatic rings. The first-order chi connectivity index (χ1) is 14.6. The summed E-state index contributed by atoms with van der Waals surface area (Å²) in [6.45, 7) is 6.64. The van der Waals surface area contributed by atoms with Crippen molar-refractivity contribution in [3.05, 3.63) is 59.7 Å². The molecule has 6 nitrogen and oxygen atoms in total. The van der Waals surface area contributed by atoms with Gasteiger partial charge < -0.3 is 15.0 Å². The van der Waals surface area contributed by atoms with E-state index in [4.69, 9.17) is 0 Å². The number of alkyl halides is 3. The standard InChI is InChI=1S/C22H26F3N3O3/c1-4-28(5-2)14-16-6-8-17(9-7-16)21(30)27(3)15-20(29)26-18-10-12-19(13-11-18)31-22(23,24)25/h6-13H,4-5,14-15H2,1-3H3,(H,26,29). The van der Waals surface area contributed by atoms with Gasteiger partial charge in [-0.2, -0.15) is 0 Å². The zero-order valence-corrected chi connectivity index (χ0v) is 17.7. The Bertz CT molecular complexity index is 864. The molecule has 0 unspecified atom stereocenters. The molecule has 0 aliphatic carbocycles. The molecule has 9 heteroatoms. The highest BCUT2D eigenvalue weighted by Crippen LogP contribution is 2.24. The summed E-state index contributed by atoms with van der Waals surface area (Å²) in [5.41, 5.74) is 1.85. The summed E-state index contributed by atoms with van der Waals surface area (Å²) in [5.74, 6) is -1.17. The van der Waals surface area contributed by atoms with Crippen LogP contribution in [0.5, 0.6) is 5.75 Å². The van der Waals surface area contributed by atoms with Gasteiger partial charge in [0.05, 0.1) is 6.54 Å². The van der Waals surface area contributed by atoms with Crippen LogP contribution < -0.4 is 10.1 Å². The molecule has 0 fully saturated rings. The number of likely N-dealkylation sites (N-methyl/N-ethyl adjacent to an activating group) is 1. The van der Waals surface area contributed by atoms with Crippen LogP contribution in [0.2, 0.25) is 0 Å². The van der Waals surface area contributed by atoms with Gasteiger partial charge in [-0.25, -0.2) is 0 Å². The molecule has 0 heterocycles. The summed E-state index contributed by atoms with van der Waals surface area (Å²) in [6, 6.07) is 12.0. The largest absolute Gasteiger partial charge is 0.573 e. The number of carbonyl (C=O) groups excluding carboxylic acids is 2. The number of anilines is 1. The number of hydrogen-bond acceptors (Lipinski definition) is 4. The summed E-state index contributed by atoms with van der Waals surface area (Å²) in [7, 11) is 1.51. The van der Waals surface area contributed by atoms with E-state index in [1.54, 1.807) is 12.1 Å². The average molecular weight is 437 g/mol. The number of ether oxygens (including phenoxy) is 1. The molecule has 0 atom stereocenters. The number of nitrogens with one attached hydrogen (secondary N) is 1. The molecule has 0 saturated carbocycles. The Labute approximate surface area is 179 Å². The van der Waals surface area contributed by atoms with Crippen molar-refractivity contribution in [3.8, 4) is 5.75 Å². The van der Waals surface area contributed by atoms with Gasteiger partial charge >= 0.3 is 6.36 Å². The zero-order valence-electron chi connectivity index (χ0n) is 17.7. The molecular weight excluding hydrogens is 411 g/mol. The maximum atomic E-state index is 12.6. The Hall–Kier alpha value is -3.07. The third-order valence-electron chi connectivity index (χ3n) is 4.60. The van der Waals surface area contributed by atoms with Crippen LogP contribution in [0.25, 0.3) is 0 Å². The molecule has 0 bridgehead atoms.